The summed E-state index contributed by atoms with van der Waals surface area (Å²) in [5.41, 5.74) is 7.10. The molecule has 0 unspecified atom stereocenters. The maximum absolute atomic E-state index is 12.6. The molecule has 0 saturated carbocycles. The molecule has 1 aliphatic heterocycles. The lowest BCUT2D eigenvalue weighted by Gasteiger charge is -2.10. The van der Waals surface area contributed by atoms with Gasteiger partial charge in [0.05, 0.1) is 46.7 Å². The minimum absolute atomic E-state index is 0.279. The van der Waals surface area contributed by atoms with Crippen molar-refractivity contribution >= 4 is 5.97 Å². The molecule has 5 rings (SSSR count). The van der Waals surface area contributed by atoms with Crippen molar-refractivity contribution in [3.05, 3.63) is 88.3 Å². The number of benzene rings is 2. The van der Waals surface area contributed by atoms with Crippen LogP contribution in [0.25, 0.3) is 11.4 Å². The van der Waals surface area contributed by atoms with Gasteiger partial charge in [0.25, 0.3) is 0 Å². The van der Waals surface area contributed by atoms with Crippen molar-refractivity contribution < 1.29 is 9.53 Å². The van der Waals surface area contributed by atoms with Gasteiger partial charge in [-0.15, -0.1) is 5.10 Å². The fourth-order valence-corrected chi connectivity index (χ4v) is 4.07. The summed E-state index contributed by atoms with van der Waals surface area (Å²) in [6.45, 7) is 4.08. The molecule has 0 aliphatic carbocycles. The molecule has 8 nitrogen and oxygen atoms in total. The number of hydrogen-bond donors (Lipinski definition) is 0. The van der Waals surface area contributed by atoms with Crippen LogP contribution < -0.4 is 0 Å². The van der Waals surface area contributed by atoms with Crippen LogP contribution in [-0.2, 0) is 17.6 Å². The van der Waals surface area contributed by atoms with E-state index in [4.69, 9.17) is 4.74 Å². The Hall–Kier alpha value is -4.25. The van der Waals surface area contributed by atoms with Crippen LogP contribution in [0.2, 0.25) is 0 Å². The second-order valence-corrected chi connectivity index (χ2v) is 7.68. The van der Waals surface area contributed by atoms with Crippen LogP contribution in [0.3, 0.4) is 0 Å². The summed E-state index contributed by atoms with van der Waals surface area (Å²) < 4.78 is 9.01. The first-order valence-electron chi connectivity index (χ1n) is 10.4. The van der Waals surface area contributed by atoms with Crippen molar-refractivity contribution in [1.82, 2.24) is 24.5 Å². The molecule has 8 heteroatoms. The maximum atomic E-state index is 12.6. The van der Waals surface area contributed by atoms with Crippen molar-refractivity contribution in [3.8, 4) is 17.4 Å². The minimum atomic E-state index is -0.445. The van der Waals surface area contributed by atoms with E-state index < -0.39 is 5.97 Å². The molecular weight excluding hydrogens is 404 g/mol. The highest BCUT2D eigenvalue weighted by Crippen LogP contribution is 2.31. The Balaban J connectivity index is 1.67. The normalized spacial score (nSPS) is 11.7. The molecule has 0 fully saturated rings. The van der Waals surface area contributed by atoms with Gasteiger partial charge in [-0.25, -0.2) is 14.5 Å². The smallest absolute Gasteiger partial charge is 0.358 e. The van der Waals surface area contributed by atoms with Crippen LogP contribution in [0.15, 0.2) is 48.8 Å². The Bertz CT molecular complexity index is 1390. The summed E-state index contributed by atoms with van der Waals surface area (Å²) in [5, 5.41) is 18.2. The molecule has 158 valence electrons. The zero-order chi connectivity index (χ0) is 22.2. The molecule has 2 aromatic heterocycles. The first-order valence-corrected chi connectivity index (χ1v) is 10.4. The van der Waals surface area contributed by atoms with Crippen molar-refractivity contribution in [2.45, 2.75) is 26.7 Å². The van der Waals surface area contributed by atoms with Crippen LogP contribution in [0.4, 0.5) is 0 Å². The van der Waals surface area contributed by atoms with Crippen LogP contribution >= 0.6 is 0 Å². The highest BCUT2D eigenvalue weighted by atomic mass is 16.5. The van der Waals surface area contributed by atoms with Gasteiger partial charge >= 0.3 is 5.97 Å². The van der Waals surface area contributed by atoms with Gasteiger partial charge in [-0.2, -0.15) is 5.26 Å². The van der Waals surface area contributed by atoms with E-state index >= 15 is 0 Å². The van der Waals surface area contributed by atoms with E-state index in [-0.39, 0.29) is 6.61 Å². The molecule has 3 heterocycles. The van der Waals surface area contributed by atoms with Crippen LogP contribution in [0.5, 0.6) is 0 Å². The molecular formula is C24H20N6O2. The quantitative estimate of drug-likeness (QED) is 0.411. The first kappa shape index (κ1) is 19.7. The van der Waals surface area contributed by atoms with Gasteiger partial charge in [-0.3, -0.25) is 4.57 Å². The third-order valence-electron chi connectivity index (χ3n) is 5.56. The maximum Gasteiger partial charge on any atom is 0.358 e. The summed E-state index contributed by atoms with van der Waals surface area (Å²) in [5.74, 6) is -0.445. The van der Waals surface area contributed by atoms with Gasteiger partial charge in [-0.05, 0) is 49.2 Å². The molecule has 0 spiro atoms. The highest BCUT2D eigenvalue weighted by molar-refractivity contribution is 5.89. The molecule has 0 amide bonds. The van der Waals surface area contributed by atoms with Gasteiger partial charge in [0, 0.05) is 12.8 Å². The number of hydrogen-bond acceptors (Lipinski definition) is 6. The molecule has 32 heavy (non-hydrogen) atoms. The molecule has 0 atom stereocenters. The van der Waals surface area contributed by atoms with Gasteiger partial charge in [-0.1, -0.05) is 23.4 Å². The predicted octanol–water partition coefficient (Wildman–Crippen LogP) is 3.30. The molecule has 0 radical (unpaired) electrons. The summed E-state index contributed by atoms with van der Waals surface area (Å²) in [4.78, 5) is 17.0. The van der Waals surface area contributed by atoms with E-state index in [1.54, 1.807) is 19.3 Å². The SMILES string of the molecule is CCOC(=O)c1ncn2c1Cc1c(Cc3cccc(C#N)c3)nnn1-c1cc(C)ccc1-2. The number of ether oxygens (including phenoxy) is 1. The monoisotopic (exact) mass is 424 g/mol. The number of aromatic nitrogens is 5. The number of imidazole rings is 1. The first-order chi connectivity index (χ1) is 15.6. The third-order valence-corrected chi connectivity index (χ3v) is 5.56. The Morgan fingerprint density at radius 2 is 2.06 bits per heavy atom. The lowest BCUT2D eigenvalue weighted by molar-refractivity contribution is 0.0519. The second kappa shape index (κ2) is 7.78. The fraction of sp³-hybridized carbons (Fsp3) is 0.208. The Labute approximate surface area is 184 Å². The van der Waals surface area contributed by atoms with Crippen LogP contribution in [0.1, 0.15) is 51.2 Å². The predicted molar refractivity (Wildman–Crippen MR) is 116 cm³/mol. The number of rotatable bonds is 4. The summed E-state index contributed by atoms with van der Waals surface area (Å²) in [7, 11) is 0. The lowest BCUT2D eigenvalue weighted by atomic mass is 10.0. The molecule has 4 aromatic rings. The number of carbonyl (C=O) groups is 1. The average molecular weight is 424 g/mol. The van der Waals surface area contributed by atoms with Gasteiger partial charge in [0.15, 0.2) is 5.69 Å². The average Bonchev–Trinajstić information content (AvgIpc) is 3.36. The Morgan fingerprint density at radius 3 is 2.88 bits per heavy atom. The van der Waals surface area contributed by atoms with Gasteiger partial charge < -0.3 is 4.74 Å². The minimum Gasteiger partial charge on any atom is -0.461 e. The van der Waals surface area contributed by atoms with Crippen molar-refractivity contribution in [2.75, 3.05) is 6.61 Å². The third kappa shape index (κ3) is 3.24. The van der Waals surface area contributed by atoms with E-state index in [1.165, 1.54) is 0 Å². The number of esters is 1. The molecule has 2 aromatic carbocycles. The number of nitriles is 1. The van der Waals surface area contributed by atoms with E-state index in [9.17, 15) is 10.1 Å². The summed E-state index contributed by atoms with van der Waals surface area (Å²) in [6, 6.07) is 15.7. The second-order valence-electron chi connectivity index (χ2n) is 7.68. The van der Waals surface area contributed by atoms with E-state index in [0.29, 0.717) is 24.1 Å². The van der Waals surface area contributed by atoms with Crippen molar-refractivity contribution in [2.24, 2.45) is 0 Å². The molecule has 0 N–H and O–H groups in total. The van der Waals surface area contributed by atoms with Crippen LogP contribution in [0, 0.1) is 18.3 Å². The Morgan fingerprint density at radius 1 is 1.19 bits per heavy atom. The summed E-state index contributed by atoms with van der Waals surface area (Å²) >= 11 is 0. The van der Waals surface area contributed by atoms with Gasteiger partial charge in [0.1, 0.15) is 6.33 Å². The largest absolute Gasteiger partial charge is 0.461 e. The highest BCUT2D eigenvalue weighted by Gasteiger charge is 2.28. The number of aryl methyl sites for hydroxylation is 1. The standard InChI is InChI=1S/C24H20N6O2/c1-3-32-24(31)23-22-12-20-18(11-16-5-4-6-17(10-16)13-25)27-28-30(20)21-9-15(2)7-8-19(21)29(22)14-26-23/h4-10,14H,3,11-12H2,1-2H3. The molecule has 0 bridgehead atoms. The number of fused-ring (bicyclic) bond motifs is 5. The Kier molecular flexibility index (Phi) is 4.79. The molecule has 1 aliphatic rings. The van der Waals surface area contributed by atoms with Gasteiger partial charge in [0.2, 0.25) is 0 Å². The molecule has 0 saturated heterocycles. The zero-order valence-electron chi connectivity index (χ0n) is 17.7. The lowest BCUT2D eigenvalue weighted by Crippen LogP contribution is -2.11. The van der Waals surface area contributed by atoms with Crippen molar-refractivity contribution in [3.63, 3.8) is 0 Å². The van der Waals surface area contributed by atoms with E-state index in [0.717, 1.165) is 39.6 Å². The van der Waals surface area contributed by atoms with Crippen molar-refractivity contribution in [1.29, 1.82) is 5.26 Å². The number of carbonyl (C=O) groups excluding carboxylic acids is 1. The van der Waals surface area contributed by atoms with E-state index in [2.05, 4.69) is 21.4 Å². The summed E-state index contributed by atoms with van der Waals surface area (Å²) in [6.07, 6.45) is 2.60. The zero-order valence-corrected chi connectivity index (χ0v) is 17.7. The fourth-order valence-electron chi connectivity index (χ4n) is 4.07. The van der Waals surface area contributed by atoms with Crippen LogP contribution in [-0.4, -0.2) is 37.1 Å². The van der Waals surface area contributed by atoms with E-state index in [1.807, 2.05) is 52.6 Å². The number of nitrogens with zero attached hydrogens (tertiary/aromatic N) is 6. The topological polar surface area (TPSA) is 98.6 Å².